The SMILES string of the molecule is CCN1CCCCC1Cc1cn2c(OC)cccc2n1. The largest absolute Gasteiger partial charge is 0.482 e. The van der Waals surface area contributed by atoms with E-state index in [0.717, 1.165) is 24.5 Å². The summed E-state index contributed by atoms with van der Waals surface area (Å²) in [6.45, 7) is 4.63. The average Bonchev–Trinajstić information content (AvgIpc) is 2.90. The van der Waals surface area contributed by atoms with Crippen LogP contribution in [0.4, 0.5) is 0 Å². The lowest BCUT2D eigenvalue weighted by Crippen LogP contribution is -2.40. The second kappa shape index (κ2) is 5.83. The van der Waals surface area contributed by atoms with Gasteiger partial charge in [0.25, 0.3) is 0 Å². The van der Waals surface area contributed by atoms with Gasteiger partial charge in [-0.3, -0.25) is 4.40 Å². The van der Waals surface area contributed by atoms with Crippen molar-refractivity contribution in [1.29, 1.82) is 0 Å². The highest BCUT2D eigenvalue weighted by molar-refractivity contribution is 5.43. The molecule has 0 aromatic carbocycles. The summed E-state index contributed by atoms with van der Waals surface area (Å²) in [5, 5.41) is 0. The van der Waals surface area contributed by atoms with Crippen LogP contribution in [0.15, 0.2) is 24.4 Å². The molecule has 1 aliphatic heterocycles. The van der Waals surface area contributed by atoms with Crippen molar-refractivity contribution in [2.45, 2.75) is 38.6 Å². The van der Waals surface area contributed by atoms with Crippen molar-refractivity contribution in [3.63, 3.8) is 0 Å². The summed E-state index contributed by atoms with van der Waals surface area (Å²) in [4.78, 5) is 7.33. The molecule has 4 nitrogen and oxygen atoms in total. The van der Waals surface area contributed by atoms with Gasteiger partial charge in [0.2, 0.25) is 0 Å². The van der Waals surface area contributed by atoms with Gasteiger partial charge >= 0.3 is 0 Å². The number of methoxy groups -OCH3 is 1. The molecule has 0 N–H and O–H groups in total. The Morgan fingerprint density at radius 1 is 1.35 bits per heavy atom. The second-order valence-corrected chi connectivity index (χ2v) is 5.51. The van der Waals surface area contributed by atoms with Crippen LogP contribution in [0.5, 0.6) is 5.88 Å². The van der Waals surface area contributed by atoms with Crippen LogP contribution >= 0.6 is 0 Å². The van der Waals surface area contributed by atoms with E-state index < -0.39 is 0 Å². The van der Waals surface area contributed by atoms with Crippen molar-refractivity contribution >= 4 is 5.65 Å². The van der Waals surface area contributed by atoms with E-state index in [0.29, 0.717) is 6.04 Å². The maximum atomic E-state index is 5.39. The fourth-order valence-electron chi connectivity index (χ4n) is 3.25. The standard InChI is InChI=1S/C16H23N3O/c1-3-18-10-5-4-7-14(18)11-13-12-19-15(17-13)8-6-9-16(19)20-2/h6,8-9,12,14H,3-5,7,10-11H2,1-2H3. The summed E-state index contributed by atoms with van der Waals surface area (Å²) in [6, 6.07) is 6.64. The molecular weight excluding hydrogens is 250 g/mol. The third kappa shape index (κ3) is 2.52. The summed E-state index contributed by atoms with van der Waals surface area (Å²) >= 11 is 0. The number of likely N-dealkylation sites (tertiary alicyclic amines) is 1. The first kappa shape index (κ1) is 13.4. The molecule has 0 bridgehead atoms. The Morgan fingerprint density at radius 2 is 2.25 bits per heavy atom. The Morgan fingerprint density at radius 3 is 3.05 bits per heavy atom. The lowest BCUT2D eigenvalue weighted by atomic mass is 9.98. The van der Waals surface area contributed by atoms with E-state index in [1.807, 2.05) is 22.6 Å². The average molecular weight is 273 g/mol. The van der Waals surface area contributed by atoms with Gasteiger partial charge in [-0.1, -0.05) is 19.4 Å². The Balaban J connectivity index is 1.83. The molecule has 1 saturated heterocycles. The van der Waals surface area contributed by atoms with Crippen molar-refractivity contribution in [1.82, 2.24) is 14.3 Å². The quantitative estimate of drug-likeness (QED) is 0.858. The van der Waals surface area contributed by atoms with Gasteiger partial charge in [-0.05, 0) is 38.1 Å². The minimum Gasteiger partial charge on any atom is -0.482 e. The third-order valence-electron chi connectivity index (χ3n) is 4.31. The zero-order chi connectivity index (χ0) is 13.9. The van der Waals surface area contributed by atoms with Gasteiger partial charge in [0.1, 0.15) is 5.65 Å². The van der Waals surface area contributed by atoms with Crippen LogP contribution in [0.2, 0.25) is 0 Å². The van der Waals surface area contributed by atoms with Crippen molar-refractivity contribution in [2.24, 2.45) is 0 Å². The number of piperidine rings is 1. The first-order valence-corrected chi connectivity index (χ1v) is 7.57. The van der Waals surface area contributed by atoms with E-state index in [9.17, 15) is 0 Å². The molecule has 2 aromatic heterocycles. The Labute approximate surface area is 120 Å². The van der Waals surface area contributed by atoms with Gasteiger partial charge < -0.3 is 9.64 Å². The highest BCUT2D eigenvalue weighted by Crippen LogP contribution is 2.21. The van der Waals surface area contributed by atoms with Crippen molar-refractivity contribution in [2.75, 3.05) is 20.2 Å². The number of fused-ring (bicyclic) bond motifs is 1. The summed E-state index contributed by atoms with van der Waals surface area (Å²) in [5.41, 5.74) is 2.14. The van der Waals surface area contributed by atoms with Gasteiger partial charge in [0.05, 0.1) is 12.8 Å². The van der Waals surface area contributed by atoms with E-state index in [2.05, 4.69) is 18.0 Å². The number of hydrogen-bond donors (Lipinski definition) is 0. The van der Waals surface area contributed by atoms with E-state index in [1.165, 1.54) is 31.5 Å². The molecule has 1 atom stereocenters. The molecule has 1 fully saturated rings. The number of likely N-dealkylation sites (N-methyl/N-ethyl adjacent to an activating group) is 1. The Bertz CT molecular complexity index is 578. The number of hydrogen-bond acceptors (Lipinski definition) is 3. The van der Waals surface area contributed by atoms with Crippen molar-refractivity contribution in [3.05, 3.63) is 30.1 Å². The molecule has 2 aromatic rings. The van der Waals surface area contributed by atoms with Crippen LogP contribution in [0.25, 0.3) is 5.65 Å². The van der Waals surface area contributed by atoms with E-state index in [4.69, 9.17) is 9.72 Å². The summed E-state index contributed by atoms with van der Waals surface area (Å²) in [5.74, 6) is 0.845. The first-order chi connectivity index (χ1) is 9.81. The molecule has 1 aliphatic rings. The molecule has 4 heteroatoms. The molecule has 0 amide bonds. The molecule has 0 aliphatic carbocycles. The molecule has 0 saturated carbocycles. The van der Waals surface area contributed by atoms with Crippen LogP contribution in [0, 0.1) is 0 Å². The van der Waals surface area contributed by atoms with Gasteiger partial charge in [-0.2, -0.15) is 0 Å². The lowest BCUT2D eigenvalue weighted by molar-refractivity contribution is 0.155. The minimum absolute atomic E-state index is 0.643. The fourth-order valence-corrected chi connectivity index (χ4v) is 3.25. The molecule has 3 heterocycles. The fraction of sp³-hybridized carbons (Fsp3) is 0.562. The summed E-state index contributed by atoms with van der Waals surface area (Å²) in [6.07, 6.45) is 7.13. The van der Waals surface area contributed by atoms with Crippen molar-refractivity contribution in [3.8, 4) is 5.88 Å². The molecule has 0 radical (unpaired) electrons. The van der Waals surface area contributed by atoms with Crippen LogP contribution in [0.1, 0.15) is 31.9 Å². The number of pyridine rings is 1. The third-order valence-corrected chi connectivity index (χ3v) is 4.31. The molecule has 0 spiro atoms. The lowest BCUT2D eigenvalue weighted by Gasteiger charge is -2.34. The van der Waals surface area contributed by atoms with Crippen LogP contribution in [-0.2, 0) is 6.42 Å². The highest BCUT2D eigenvalue weighted by atomic mass is 16.5. The predicted octanol–water partition coefficient (Wildman–Crippen LogP) is 2.76. The van der Waals surface area contributed by atoms with Gasteiger partial charge in [0, 0.05) is 18.7 Å². The Kier molecular flexibility index (Phi) is 3.92. The monoisotopic (exact) mass is 273 g/mol. The number of aromatic nitrogens is 2. The zero-order valence-corrected chi connectivity index (χ0v) is 12.4. The normalized spacial score (nSPS) is 20.4. The van der Waals surface area contributed by atoms with Crippen LogP contribution < -0.4 is 4.74 Å². The predicted molar refractivity (Wildman–Crippen MR) is 80.3 cm³/mol. The van der Waals surface area contributed by atoms with Gasteiger partial charge in [0.15, 0.2) is 5.88 Å². The molecular formula is C16H23N3O. The van der Waals surface area contributed by atoms with E-state index in [1.54, 1.807) is 7.11 Å². The highest BCUT2D eigenvalue weighted by Gasteiger charge is 2.22. The number of imidazole rings is 1. The molecule has 1 unspecified atom stereocenters. The first-order valence-electron chi connectivity index (χ1n) is 7.57. The maximum absolute atomic E-state index is 5.39. The van der Waals surface area contributed by atoms with E-state index in [-0.39, 0.29) is 0 Å². The molecule has 20 heavy (non-hydrogen) atoms. The topological polar surface area (TPSA) is 29.8 Å². The van der Waals surface area contributed by atoms with E-state index >= 15 is 0 Å². The number of ether oxygens (including phenoxy) is 1. The second-order valence-electron chi connectivity index (χ2n) is 5.51. The summed E-state index contributed by atoms with van der Waals surface area (Å²) in [7, 11) is 1.70. The van der Waals surface area contributed by atoms with Gasteiger partial charge in [-0.25, -0.2) is 4.98 Å². The summed E-state index contributed by atoms with van der Waals surface area (Å²) < 4.78 is 7.42. The minimum atomic E-state index is 0.643. The van der Waals surface area contributed by atoms with Crippen LogP contribution in [0.3, 0.4) is 0 Å². The van der Waals surface area contributed by atoms with Gasteiger partial charge in [-0.15, -0.1) is 0 Å². The molecule has 3 rings (SSSR count). The smallest absolute Gasteiger partial charge is 0.198 e. The maximum Gasteiger partial charge on any atom is 0.198 e. The zero-order valence-electron chi connectivity index (χ0n) is 12.4. The number of nitrogens with zero attached hydrogens (tertiary/aromatic N) is 3. The molecule has 108 valence electrons. The van der Waals surface area contributed by atoms with Crippen LogP contribution in [-0.4, -0.2) is 40.5 Å². The van der Waals surface area contributed by atoms with Crippen molar-refractivity contribution < 1.29 is 4.74 Å². The number of rotatable bonds is 4. The Hall–Kier alpha value is -1.55.